The van der Waals surface area contributed by atoms with Gasteiger partial charge in [0.05, 0.1) is 23.1 Å². The number of nitrogens with zero attached hydrogens (tertiary/aromatic N) is 4. The summed E-state index contributed by atoms with van der Waals surface area (Å²) >= 11 is 0. The van der Waals surface area contributed by atoms with Gasteiger partial charge in [0.25, 0.3) is 0 Å². The maximum Gasteiger partial charge on any atom is 0.244 e. The number of hydrogen-bond donors (Lipinski definition) is 0. The van der Waals surface area contributed by atoms with E-state index in [-0.39, 0.29) is 23.0 Å². The van der Waals surface area contributed by atoms with Crippen molar-refractivity contribution in [3.8, 4) is 23.3 Å². The molecule has 2 aliphatic heterocycles. The Hall–Kier alpha value is -3.87. The highest BCUT2D eigenvalue weighted by Gasteiger charge is 2.37. The first-order chi connectivity index (χ1) is 16.9. The fraction of sp³-hybridized carbons (Fsp3) is 0.231. The molecular formula is C26H24N4O4S. The zero-order chi connectivity index (χ0) is 24.6. The van der Waals surface area contributed by atoms with Crippen molar-refractivity contribution in [1.82, 2.24) is 9.21 Å². The molecular weight excluding hydrogens is 464 g/mol. The molecule has 9 heteroatoms. The normalized spacial score (nSPS) is 17.8. The smallest absolute Gasteiger partial charge is 0.244 e. The number of rotatable bonds is 3. The van der Waals surface area contributed by atoms with E-state index in [1.54, 1.807) is 19.2 Å². The van der Waals surface area contributed by atoms with Crippen LogP contribution in [0.5, 0.6) is 17.2 Å². The Morgan fingerprint density at radius 1 is 1.06 bits per heavy atom. The minimum Gasteiger partial charge on any atom is -0.497 e. The number of aliphatic imine (C=N–C) groups is 1. The first-order valence-electron chi connectivity index (χ1n) is 11.2. The monoisotopic (exact) mass is 488 g/mol. The molecule has 3 aromatic rings. The minimum atomic E-state index is -3.83. The lowest BCUT2D eigenvalue weighted by Crippen LogP contribution is -2.55. The molecule has 1 saturated heterocycles. The lowest BCUT2D eigenvalue weighted by Gasteiger charge is -2.40. The molecule has 8 nitrogen and oxygen atoms in total. The van der Waals surface area contributed by atoms with Crippen molar-refractivity contribution < 1.29 is 17.9 Å². The zero-order valence-corrected chi connectivity index (χ0v) is 20.2. The number of fused-ring (bicyclic) bond motifs is 2. The van der Waals surface area contributed by atoms with Gasteiger partial charge in [0.15, 0.2) is 5.75 Å². The SMILES string of the molecule is COc1ccc2c(c1)Oc1ccccc1N=C2N1CCN(S(=O)(=O)c2ccccc2C#N)C(C)C1. The van der Waals surface area contributed by atoms with Gasteiger partial charge in [-0.05, 0) is 43.3 Å². The van der Waals surface area contributed by atoms with Crippen LogP contribution in [-0.4, -0.2) is 56.2 Å². The Balaban J connectivity index is 1.49. The molecule has 0 aromatic heterocycles. The van der Waals surface area contributed by atoms with Gasteiger partial charge in [-0.1, -0.05) is 24.3 Å². The van der Waals surface area contributed by atoms with Gasteiger partial charge in [0.2, 0.25) is 10.0 Å². The molecule has 0 saturated carbocycles. The molecule has 35 heavy (non-hydrogen) atoms. The van der Waals surface area contributed by atoms with Crippen LogP contribution in [0.3, 0.4) is 0 Å². The van der Waals surface area contributed by atoms with Crippen LogP contribution in [-0.2, 0) is 10.0 Å². The first-order valence-corrected chi connectivity index (χ1v) is 12.7. The van der Waals surface area contributed by atoms with E-state index in [2.05, 4.69) is 4.90 Å². The molecule has 178 valence electrons. The Labute approximate surface area is 204 Å². The summed E-state index contributed by atoms with van der Waals surface area (Å²) in [6.45, 7) is 3.00. The highest BCUT2D eigenvalue weighted by Crippen LogP contribution is 2.40. The molecule has 0 amide bonds. The number of methoxy groups -OCH3 is 1. The third-order valence-electron chi connectivity index (χ3n) is 6.20. The second-order valence-electron chi connectivity index (χ2n) is 8.39. The van der Waals surface area contributed by atoms with E-state index in [0.29, 0.717) is 41.9 Å². The summed E-state index contributed by atoms with van der Waals surface area (Å²) < 4.78 is 39.9. The summed E-state index contributed by atoms with van der Waals surface area (Å²) in [7, 11) is -2.23. The van der Waals surface area contributed by atoms with Gasteiger partial charge < -0.3 is 14.4 Å². The summed E-state index contributed by atoms with van der Waals surface area (Å²) in [6.07, 6.45) is 0. The number of amidine groups is 1. The van der Waals surface area contributed by atoms with Crippen LogP contribution in [0.2, 0.25) is 0 Å². The van der Waals surface area contributed by atoms with Crippen molar-refractivity contribution in [3.63, 3.8) is 0 Å². The van der Waals surface area contributed by atoms with Gasteiger partial charge >= 0.3 is 0 Å². The first kappa shape index (κ1) is 22.9. The molecule has 1 fully saturated rings. The molecule has 0 radical (unpaired) electrons. The van der Waals surface area contributed by atoms with Gasteiger partial charge in [0, 0.05) is 31.7 Å². The molecule has 0 spiro atoms. The van der Waals surface area contributed by atoms with Gasteiger partial charge in [-0.15, -0.1) is 0 Å². The van der Waals surface area contributed by atoms with Crippen molar-refractivity contribution in [3.05, 3.63) is 77.9 Å². The molecule has 2 heterocycles. The summed E-state index contributed by atoms with van der Waals surface area (Å²) in [5, 5.41) is 9.42. The van der Waals surface area contributed by atoms with E-state index in [1.807, 2.05) is 55.5 Å². The number of sulfonamides is 1. The predicted octanol–water partition coefficient (Wildman–Crippen LogP) is 4.15. The highest BCUT2D eigenvalue weighted by molar-refractivity contribution is 7.89. The highest BCUT2D eigenvalue weighted by atomic mass is 32.2. The van der Waals surface area contributed by atoms with Crippen molar-refractivity contribution in [2.75, 3.05) is 26.7 Å². The number of hydrogen-bond acceptors (Lipinski definition) is 7. The molecule has 3 aromatic carbocycles. The maximum atomic E-state index is 13.4. The standard InChI is InChI=1S/C26H24N4O4S/c1-18-17-29(13-14-30(18)35(31,32)25-10-6-3-7-19(25)16-27)26-21-12-11-20(33-2)15-24(21)34-23-9-5-4-8-22(23)28-26/h3-12,15,18H,13-14,17H2,1-2H3. The summed E-state index contributed by atoms with van der Waals surface area (Å²) in [6, 6.07) is 21.1. The van der Waals surface area contributed by atoms with E-state index < -0.39 is 10.0 Å². The van der Waals surface area contributed by atoms with Crippen molar-refractivity contribution in [2.45, 2.75) is 17.9 Å². The number of nitriles is 1. The number of para-hydroxylation sites is 2. The summed E-state index contributed by atoms with van der Waals surface area (Å²) in [4.78, 5) is 7.06. The fourth-order valence-corrected chi connectivity index (χ4v) is 6.23. The molecule has 5 rings (SSSR count). The third-order valence-corrected chi connectivity index (χ3v) is 8.27. The molecule has 0 aliphatic carbocycles. The van der Waals surface area contributed by atoms with Crippen LogP contribution >= 0.6 is 0 Å². The second kappa shape index (κ2) is 9.06. The molecule has 1 atom stereocenters. The minimum absolute atomic E-state index is 0.0365. The van der Waals surface area contributed by atoms with Gasteiger partial charge in [-0.25, -0.2) is 13.4 Å². The van der Waals surface area contributed by atoms with Crippen LogP contribution in [0.1, 0.15) is 18.1 Å². The van der Waals surface area contributed by atoms with Crippen LogP contribution in [0, 0.1) is 11.3 Å². The third kappa shape index (κ3) is 4.11. The lowest BCUT2D eigenvalue weighted by atomic mass is 10.1. The topological polar surface area (TPSA) is 95.2 Å². The van der Waals surface area contributed by atoms with Gasteiger partial charge in [-0.2, -0.15) is 9.57 Å². The Kier molecular flexibility index (Phi) is 5.93. The van der Waals surface area contributed by atoms with Crippen molar-refractivity contribution in [1.29, 1.82) is 5.26 Å². The van der Waals surface area contributed by atoms with E-state index >= 15 is 0 Å². The Morgan fingerprint density at radius 3 is 2.60 bits per heavy atom. The van der Waals surface area contributed by atoms with E-state index in [0.717, 1.165) is 5.56 Å². The van der Waals surface area contributed by atoms with Gasteiger partial charge in [0.1, 0.15) is 29.1 Å². The maximum absolute atomic E-state index is 13.4. The van der Waals surface area contributed by atoms with Crippen LogP contribution in [0.15, 0.2) is 76.6 Å². The van der Waals surface area contributed by atoms with Crippen molar-refractivity contribution in [2.24, 2.45) is 4.99 Å². The average Bonchev–Trinajstić information content (AvgIpc) is 3.04. The zero-order valence-electron chi connectivity index (χ0n) is 19.4. The average molecular weight is 489 g/mol. The van der Waals surface area contributed by atoms with E-state index in [4.69, 9.17) is 14.5 Å². The van der Waals surface area contributed by atoms with E-state index in [1.165, 1.54) is 16.4 Å². The Morgan fingerprint density at radius 2 is 1.83 bits per heavy atom. The van der Waals surface area contributed by atoms with Crippen LogP contribution in [0.25, 0.3) is 0 Å². The number of benzene rings is 3. The second-order valence-corrected chi connectivity index (χ2v) is 10.2. The van der Waals surface area contributed by atoms with Crippen LogP contribution < -0.4 is 9.47 Å². The summed E-state index contributed by atoms with van der Waals surface area (Å²) in [5.41, 5.74) is 1.65. The summed E-state index contributed by atoms with van der Waals surface area (Å²) in [5.74, 6) is 2.65. The Bertz CT molecular complexity index is 1460. The molecule has 0 bridgehead atoms. The quantitative estimate of drug-likeness (QED) is 0.550. The van der Waals surface area contributed by atoms with Gasteiger partial charge in [-0.3, -0.25) is 0 Å². The predicted molar refractivity (Wildman–Crippen MR) is 132 cm³/mol. The van der Waals surface area contributed by atoms with Crippen molar-refractivity contribution >= 4 is 21.5 Å². The molecule has 0 N–H and O–H groups in total. The number of ether oxygens (including phenoxy) is 2. The fourth-order valence-electron chi connectivity index (χ4n) is 4.47. The van der Waals surface area contributed by atoms with E-state index in [9.17, 15) is 13.7 Å². The molecule has 1 unspecified atom stereocenters. The number of piperazine rings is 1. The lowest BCUT2D eigenvalue weighted by molar-refractivity contribution is 0.205. The van der Waals surface area contributed by atoms with Crippen LogP contribution in [0.4, 0.5) is 5.69 Å². The largest absolute Gasteiger partial charge is 0.497 e. The molecule has 2 aliphatic rings.